The summed E-state index contributed by atoms with van der Waals surface area (Å²) in [5.74, 6) is 1.63. The van der Waals surface area contributed by atoms with Crippen molar-refractivity contribution in [3.8, 4) is 0 Å². The zero-order chi connectivity index (χ0) is 14.6. The van der Waals surface area contributed by atoms with Crippen molar-refractivity contribution >= 4 is 12.4 Å². The second-order valence-corrected chi connectivity index (χ2v) is 6.64. The van der Waals surface area contributed by atoms with Crippen LogP contribution in [0.1, 0.15) is 24.2 Å². The van der Waals surface area contributed by atoms with Crippen LogP contribution in [0.2, 0.25) is 0 Å². The quantitative estimate of drug-likeness (QED) is 0.787. The number of fused-ring (bicyclic) bond motifs is 1. The summed E-state index contributed by atoms with van der Waals surface area (Å²) < 4.78 is 14.3. The van der Waals surface area contributed by atoms with Crippen LogP contribution < -0.4 is 4.90 Å². The lowest BCUT2D eigenvalue weighted by atomic mass is 10.0. The lowest BCUT2D eigenvalue weighted by molar-refractivity contribution is -0.117. The number of carbonyl (C=O) groups is 1. The van der Waals surface area contributed by atoms with Gasteiger partial charge < -0.3 is 9.80 Å². The molecule has 3 fully saturated rings. The maximum absolute atomic E-state index is 14.3. The number of aromatic nitrogens is 2. The van der Waals surface area contributed by atoms with E-state index in [1.165, 1.54) is 0 Å². The maximum atomic E-state index is 14.3. The molecule has 0 aromatic carbocycles. The fourth-order valence-electron chi connectivity index (χ4n) is 3.57. The summed E-state index contributed by atoms with van der Waals surface area (Å²) in [6.45, 7) is 5.24. The molecule has 0 N–H and O–H groups in total. The summed E-state index contributed by atoms with van der Waals surface area (Å²) in [5, 5.41) is 0. The Kier molecular flexibility index (Phi) is 2.71. The van der Waals surface area contributed by atoms with Crippen molar-refractivity contribution in [2.45, 2.75) is 25.4 Å². The van der Waals surface area contributed by atoms with E-state index < -0.39 is 5.67 Å². The standard InChI is InChI=1S/C15H19FN4O/c1-10-4-13(15(16)2-3-15)18-14(17-10)20-7-11-5-19(9-21)6-12(11)8-20/h4,9,11-12H,2-3,5-8H2,1H3/t11-,12+. The van der Waals surface area contributed by atoms with Crippen LogP contribution in [0.3, 0.4) is 0 Å². The molecule has 1 aromatic rings. The molecule has 1 saturated carbocycles. The molecule has 2 atom stereocenters. The maximum Gasteiger partial charge on any atom is 0.225 e. The number of likely N-dealkylation sites (tertiary alicyclic amines) is 1. The fraction of sp³-hybridized carbons (Fsp3) is 0.667. The highest BCUT2D eigenvalue weighted by Gasteiger charge is 2.47. The molecule has 1 aliphatic carbocycles. The highest BCUT2D eigenvalue weighted by molar-refractivity contribution is 5.48. The Balaban J connectivity index is 1.56. The summed E-state index contributed by atoms with van der Waals surface area (Å²) in [6.07, 6.45) is 2.08. The first-order valence-electron chi connectivity index (χ1n) is 7.57. The lowest BCUT2D eigenvalue weighted by Crippen LogP contribution is -2.29. The second-order valence-electron chi connectivity index (χ2n) is 6.64. The summed E-state index contributed by atoms with van der Waals surface area (Å²) in [6, 6.07) is 1.77. The first kappa shape index (κ1) is 13.0. The molecule has 1 aromatic heterocycles. The minimum Gasteiger partial charge on any atom is -0.345 e. The zero-order valence-corrected chi connectivity index (χ0v) is 12.1. The summed E-state index contributed by atoms with van der Waals surface area (Å²) in [5.41, 5.74) is 0.147. The van der Waals surface area contributed by atoms with Crippen LogP contribution in [-0.2, 0) is 10.5 Å². The van der Waals surface area contributed by atoms with Gasteiger partial charge in [-0.2, -0.15) is 0 Å². The lowest BCUT2D eigenvalue weighted by Gasteiger charge is -2.20. The van der Waals surface area contributed by atoms with Crippen molar-refractivity contribution in [3.05, 3.63) is 17.5 Å². The summed E-state index contributed by atoms with van der Waals surface area (Å²) in [7, 11) is 0. The van der Waals surface area contributed by atoms with E-state index in [0.717, 1.165) is 38.3 Å². The normalized spacial score (nSPS) is 29.6. The number of nitrogens with zero attached hydrogens (tertiary/aromatic N) is 4. The Morgan fingerprint density at radius 2 is 1.90 bits per heavy atom. The van der Waals surface area contributed by atoms with Crippen LogP contribution >= 0.6 is 0 Å². The van der Waals surface area contributed by atoms with Crippen LogP contribution in [0, 0.1) is 18.8 Å². The number of amides is 1. The minimum atomic E-state index is -1.22. The van der Waals surface area contributed by atoms with Crippen LogP contribution in [0.15, 0.2) is 6.07 Å². The topological polar surface area (TPSA) is 49.3 Å². The number of halogens is 1. The Bertz CT molecular complexity index is 575. The zero-order valence-electron chi connectivity index (χ0n) is 12.1. The largest absolute Gasteiger partial charge is 0.345 e. The Morgan fingerprint density at radius 3 is 2.48 bits per heavy atom. The monoisotopic (exact) mass is 290 g/mol. The first-order chi connectivity index (χ1) is 10.1. The number of rotatable bonds is 3. The highest BCUT2D eigenvalue weighted by atomic mass is 19.1. The predicted octanol–water partition coefficient (Wildman–Crippen LogP) is 1.27. The molecule has 0 bridgehead atoms. The summed E-state index contributed by atoms with van der Waals surface area (Å²) in [4.78, 5) is 23.8. The molecule has 112 valence electrons. The molecule has 0 radical (unpaired) electrons. The molecule has 21 heavy (non-hydrogen) atoms. The van der Waals surface area contributed by atoms with Gasteiger partial charge in [-0.1, -0.05) is 0 Å². The van der Waals surface area contributed by atoms with Gasteiger partial charge in [-0.05, 0) is 25.8 Å². The van der Waals surface area contributed by atoms with Crippen LogP contribution in [0.5, 0.6) is 0 Å². The molecule has 2 aliphatic heterocycles. The van der Waals surface area contributed by atoms with Gasteiger partial charge in [0.1, 0.15) is 0 Å². The molecule has 0 unspecified atom stereocenters. The molecule has 4 rings (SSSR count). The fourth-order valence-corrected chi connectivity index (χ4v) is 3.57. The molecule has 0 spiro atoms. The van der Waals surface area contributed by atoms with E-state index in [-0.39, 0.29) is 0 Å². The van der Waals surface area contributed by atoms with Gasteiger partial charge in [-0.15, -0.1) is 0 Å². The average molecular weight is 290 g/mol. The van der Waals surface area contributed by atoms with Crippen LogP contribution in [-0.4, -0.2) is 47.5 Å². The van der Waals surface area contributed by atoms with Gasteiger partial charge in [0, 0.05) is 43.7 Å². The number of aryl methyl sites for hydroxylation is 1. The van der Waals surface area contributed by atoms with E-state index in [2.05, 4.69) is 14.9 Å². The smallest absolute Gasteiger partial charge is 0.225 e. The number of anilines is 1. The summed E-state index contributed by atoms with van der Waals surface area (Å²) >= 11 is 0. The van der Waals surface area contributed by atoms with Gasteiger partial charge in [0.25, 0.3) is 0 Å². The first-order valence-corrected chi connectivity index (χ1v) is 7.57. The van der Waals surface area contributed by atoms with Gasteiger partial charge >= 0.3 is 0 Å². The molecule has 6 heteroatoms. The van der Waals surface area contributed by atoms with E-state index in [4.69, 9.17) is 0 Å². The van der Waals surface area contributed by atoms with Crippen molar-refractivity contribution in [1.29, 1.82) is 0 Å². The number of hydrogen-bond donors (Lipinski definition) is 0. The average Bonchev–Trinajstić information content (AvgIpc) is 2.93. The number of carbonyl (C=O) groups excluding carboxylic acids is 1. The van der Waals surface area contributed by atoms with Gasteiger partial charge in [-0.25, -0.2) is 14.4 Å². The molecule has 5 nitrogen and oxygen atoms in total. The van der Waals surface area contributed by atoms with E-state index in [1.54, 1.807) is 6.07 Å². The number of alkyl halides is 1. The second kappa shape index (κ2) is 4.39. The third-order valence-corrected chi connectivity index (χ3v) is 4.94. The van der Waals surface area contributed by atoms with Gasteiger partial charge in [-0.3, -0.25) is 4.79 Å². The SMILES string of the molecule is Cc1cc(C2(F)CC2)nc(N2C[C@H]3CN(C=O)C[C@H]3C2)n1. The van der Waals surface area contributed by atoms with Crippen LogP contribution in [0.4, 0.5) is 10.3 Å². The molecule has 1 amide bonds. The van der Waals surface area contributed by atoms with Crippen molar-refractivity contribution in [1.82, 2.24) is 14.9 Å². The van der Waals surface area contributed by atoms with Crippen molar-refractivity contribution in [3.63, 3.8) is 0 Å². The van der Waals surface area contributed by atoms with E-state index >= 15 is 0 Å². The highest BCUT2D eigenvalue weighted by Crippen LogP contribution is 2.49. The van der Waals surface area contributed by atoms with Crippen molar-refractivity contribution < 1.29 is 9.18 Å². The van der Waals surface area contributed by atoms with E-state index in [0.29, 0.717) is 36.3 Å². The van der Waals surface area contributed by atoms with Gasteiger partial charge in [0.05, 0.1) is 5.69 Å². The molecule has 3 aliphatic rings. The molecule has 3 heterocycles. The van der Waals surface area contributed by atoms with E-state index in [9.17, 15) is 9.18 Å². The molecular weight excluding hydrogens is 271 g/mol. The third-order valence-electron chi connectivity index (χ3n) is 4.94. The third kappa shape index (κ3) is 2.17. The van der Waals surface area contributed by atoms with Crippen molar-refractivity contribution in [2.75, 3.05) is 31.1 Å². The Morgan fingerprint density at radius 1 is 1.24 bits per heavy atom. The minimum absolute atomic E-state index is 0.489. The van der Waals surface area contributed by atoms with Gasteiger partial charge in [0.2, 0.25) is 12.4 Å². The Hall–Kier alpha value is -1.72. The molecular formula is C15H19FN4O. The van der Waals surface area contributed by atoms with Crippen molar-refractivity contribution in [2.24, 2.45) is 11.8 Å². The Labute approximate surface area is 123 Å². The van der Waals surface area contributed by atoms with Crippen LogP contribution in [0.25, 0.3) is 0 Å². The van der Waals surface area contributed by atoms with E-state index in [1.807, 2.05) is 11.8 Å². The van der Waals surface area contributed by atoms with Gasteiger partial charge in [0.15, 0.2) is 5.67 Å². The number of hydrogen-bond acceptors (Lipinski definition) is 4. The molecule has 2 saturated heterocycles. The predicted molar refractivity (Wildman–Crippen MR) is 75.6 cm³/mol.